The Balaban J connectivity index is 2.38. The molecule has 2 rings (SSSR count). The minimum atomic E-state index is -0.866. The molecular weight excluding hydrogens is 300 g/mol. The van der Waals surface area contributed by atoms with Crippen LogP contribution in [0, 0.1) is 0 Å². The summed E-state index contributed by atoms with van der Waals surface area (Å²) >= 11 is 3.40. The van der Waals surface area contributed by atoms with E-state index in [2.05, 4.69) is 26.6 Å². The first-order valence-electron chi connectivity index (χ1n) is 5.66. The number of aliphatic carboxylic acids is 1. The van der Waals surface area contributed by atoms with Gasteiger partial charge in [0.25, 0.3) is 0 Å². The first-order chi connectivity index (χ1) is 8.63. The van der Waals surface area contributed by atoms with E-state index < -0.39 is 12.0 Å². The normalized spacial score (nSPS) is 23.7. The second kappa shape index (κ2) is 5.69. The van der Waals surface area contributed by atoms with E-state index in [1.165, 1.54) is 0 Å². The minimum Gasteiger partial charge on any atom is -0.496 e. The lowest BCUT2D eigenvalue weighted by molar-refractivity contribution is -0.140. The van der Waals surface area contributed by atoms with Crippen molar-refractivity contribution in [1.29, 1.82) is 0 Å². The van der Waals surface area contributed by atoms with Gasteiger partial charge in [-0.25, -0.2) is 0 Å². The molecule has 0 spiro atoms. The van der Waals surface area contributed by atoms with Gasteiger partial charge in [0.05, 0.1) is 13.2 Å². The van der Waals surface area contributed by atoms with Gasteiger partial charge in [0.2, 0.25) is 0 Å². The summed E-state index contributed by atoms with van der Waals surface area (Å²) in [6, 6.07) is 4.63. The Hall–Kier alpha value is -1.11. The van der Waals surface area contributed by atoms with Crippen molar-refractivity contribution in [2.75, 3.05) is 20.2 Å². The highest BCUT2D eigenvalue weighted by Gasteiger charge is 2.33. The molecule has 0 aliphatic carbocycles. The summed E-state index contributed by atoms with van der Waals surface area (Å²) in [6.07, 6.45) is 0. The van der Waals surface area contributed by atoms with E-state index in [1.807, 2.05) is 18.2 Å². The predicted octanol–water partition coefficient (Wildman–Crippen LogP) is 1.14. The van der Waals surface area contributed by atoms with Crippen LogP contribution in [0.4, 0.5) is 0 Å². The molecule has 2 atom stereocenters. The number of carboxylic acids is 1. The van der Waals surface area contributed by atoms with Gasteiger partial charge in [-0.15, -0.1) is 0 Å². The molecule has 1 aliphatic heterocycles. The molecule has 5 nitrogen and oxygen atoms in total. The molecule has 0 saturated carbocycles. The summed E-state index contributed by atoms with van der Waals surface area (Å²) in [5.74, 6) is -0.181. The maximum atomic E-state index is 11.3. The monoisotopic (exact) mass is 314 g/mol. The van der Waals surface area contributed by atoms with Gasteiger partial charge in [-0.05, 0) is 18.2 Å². The minimum absolute atomic E-state index is 0.302. The van der Waals surface area contributed by atoms with Crippen LogP contribution in [0.25, 0.3) is 0 Å². The number of methoxy groups -OCH3 is 1. The Morgan fingerprint density at radius 2 is 2.17 bits per heavy atom. The molecule has 1 fully saturated rings. The van der Waals surface area contributed by atoms with Gasteiger partial charge in [0.1, 0.15) is 11.8 Å². The number of hydrogen-bond acceptors (Lipinski definition) is 4. The van der Waals surface area contributed by atoms with Crippen LogP contribution in [0.2, 0.25) is 0 Å². The van der Waals surface area contributed by atoms with Crippen molar-refractivity contribution in [2.24, 2.45) is 0 Å². The molecule has 0 aromatic heterocycles. The fraction of sp³-hybridized carbons (Fsp3) is 0.417. The number of carboxylic acid groups (broad SMARTS) is 1. The van der Waals surface area contributed by atoms with E-state index in [0.29, 0.717) is 12.3 Å². The van der Waals surface area contributed by atoms with E-state index in [4.69, 9.17) is 4.74 Å². The second-order valence-electron chi connectivity index (χ2n) is 4.09. The van der Waals surface area contributed by atoms with Gasteiger partial charge >= 0.3 is 5.97 Å². The molecule has 18 heavy (non-hydrogen) atoms. The number of hydrogen-bond donors (Lipinski definition) is 3. The van der Waals surface area contributed by atoms with Crippen LogP contribution in [0.3, 0.4) is 0 Å². The summed E-state index contributed by atoms with van der Waals surface area (Å²) in [4.78, 5) is 11.3. The van der Waals surface area contributed by atoms with Crippen LogP contribution in [-0.2, 0) is 4.79 Å². The third-order valence-electron chi connectivity index (χ3n) is 2.98. The van der Waals surface area contributed by atoms with Crippen LogP contribution in [0.15, 0.2) is 22.7 Å². The van der Waals surface area contributed by atoms with Gasteiger partial charge in [0, 0.05) is 23.1 Å². The number of halogens is 1. The molecule has 3 N–H and O–H groups in total. The molecule has 0 amide bonds. The molecule has 0 radical (unpaired) electrons. The quantitative estimate of drug-likeness (QED) is 0.780. The maximum absolute atomic E-state index is 11.3. The Labute approximate surface area is 114 Å². The fourth-order valence-corrected chi connectivity index (χ4v) is 2.54. The lowest BCUT2D eigenvalue weighted by atomic mass is 9.96. The van der Waals surface area contributed by atoms with E-state index in [0.717, 1.165) is 16.6 Å². The molecule has 98 valence electrons. The van der Waals surface area contributed by atoms with Crippen molar-refractivity contribution >= 4 is 21.9 Å². The highest BCUT2D eigenvalue weighted by molar-refractivity contribution is 9.10. The summed E-state index contributed by atoms with van der Waals surface area (Å²) in [7, 11) is 1.58. The van der Waals surface area contributed by atoms with Crippen molar-refractivity contribution in [1.82, 2.24) is 10.6 Å². The van der Waals surface area contributed by atoms with Gasteiger partial charge in [-0.2, -0.15) is 0 Å². The standard InChI is InChI=1S/C12H15BrN2O3/c1-18-9-3-2-7(13)6-8(9)10-11(12(16)17)15-5-4-14-10/h2-3,6,10-11,14-15H,4-5H2,1H3,(H,16,17). The Bertz CT molecular complexity index is 453. The third-order valence-corrected chi connectivity index (χ3v) is 3.47. The largest absolute Gasteiger partial charge is 0.496 e. The van der Waals surface area contributed by atoms with Crippen LogP contribution in [0.1, 0.15) is 11.6 Å². The third kappa shape index (κ3) is 2.66. The topological polar surface area (TPSA) is 70.6 Å². The van der Waals surface area contributed by atoms with Gasteiger partial charge < -0.3 is 20.5 Å². The smallest absolute Gasteiger partial charge is 0.322 e. The molecule has 2 unspecified atom stereocenters. The Kier molecular flexibility index (Phi) is 4.21. The highest BCUT2D eigenvalue weighted by atomic mass is 79.9. The van der Waals surface area contributed by atoms with Crippen molar-refractivity contribution in [2.45, 2.75) is 12.1 Å². The van der Waals surface area contributed by atoms with Gasteiger partial charge in [-0.3, -0.25) is 4.79 Å². The van der Waals surface area contributed by atoms with Gasteiger partial charge in [-0.1, -0.05) is 15.9 Å². The lowest BCUT2D eigenvalue weighted by Crippen LogP contribution is -2.54. The van der Waals surface area contributed by atoms with Crippen molar-refractivity contribution in [3.8, 4) is 5.75 Å². The van der Waals surface area contributed by atoms with Crippen molar-refractivity contribution < 1.29 is 14.6 Å². The highest BCUT2D eigenvalue weighted by Crippen LogP contribution is 2.31. The number of benzene rings is 1. The number of nitrogens with one attached hydrogen (secondary N) is 2. The molecule has 1 aromatic rings. The molecule has 1 saturated heterocycles. The molecule has 6 heteroatoms. The maximum Gasteiger partial charge on any atom is 0.322 e. The Morgan fingerprint density at radius 1 is 1.44 bits per heavy atom. The summed E-state index contributed by atoms with van der Waals surface area (Å²) in [6.45, 7) is 1.37. The van der Waals surface area contributed by atoms with E-state index >= 15 is 0 Å². The number of ether oxygens (including phenoxy) is 1. The average Bonchev–Trinajstić information content (AvgIpc) is 2.38. The van der Waals surface area contributed by atoms with Gasteiger partial charge in [0.15, 0.2) is 0 Å². The zero-order valence-corrected chi connectivity index (χ0v) is 11.5. The zero-order valence-electron chi connectivity index (χ0n) is 9.94. The summed E-state index contributed by atoms with van der Waals surface area (Å²) in [5, 5.41) is 15.5. The summed E-state index contributed by atoms with van der Waals surface area (Å²) < 4.78 is 6.20. The van der Waals surface area contributed by atoms with E-state index in [-0.39, 0.29) is 6.04 Å². The average molecular weight is 315 g/mol. The Morgan fingerprint density at radius 3 is 2.83 bits per heavy atom. The first kappa shape index (κ1) is 13.3. The number of carbonyl (C=O) groups is 1. The molecule has 1 aromatic carbocycles. The van der Waals surface area contributed by atoms with Crippen LogP contribution in [0.5, 0.6) is 5.75 Å². The summed E-state index contributed by atoms with van der Waals surface area (Å²) in [5.41, 5.74) is 0.839. The predicted molar refractivity (Wildman–Crippen MR) is 70.9 cm³/mol. The van der Waals surface area contributed by atoms with Crippen LogP contribution < -0.4 is 15.4 Å². The van der Waals surface area contributed by atoms with Crippen LogP contribution >= 0.6 is 15.9 Å². The molecule has 0 bridgehead atoms. The molecule has 1 aliphatic rings. The second-order valence-corrected chi connectivity index (χ2v) is 5.00. The van der Waals surface area contributed by atoms with E-state index in [9.17, 15) is 9.90 Å². The zero-order chi connectivity index (χ0) is 13.1. The number of piperazine rings is 1. The molecule has 1 heterocycles. The SMILES string of the molecule is COc1ccc(Br)cc1C1NCCNC1C(=O)O. The fourth-order valence-electron chi connectivity index (χ4n) is 2.16. The number of rotatable bonds is 3. The lowest BCUT2D eigenvalue weighted by Gasteiger charge is -2.32. The first-order valence-corrected chi connectivity index (χ1v) is 6.46. The van der Waals surface area contributed by atoms with Crippen molar-refractivity contribution in [3.05, 3.63) is 28.2 Å². The van der Waals surface area contributed by atoms with Crippen LogP contribution in [-0.4, -0.2) is 37.3 Å². The van der Waals surface area contributed by atoms with E-state index in [1.54, 1.807) is 7.11 Å². The van der Waals surface area contributed by atoms with Crippen molar-refractivity contribution in [3.63, 3.8) is 0 Å². The molecular formula is C12H15BrN2O3.